The molecule has 0 aromatic carbocycles. The van der Waals surface area contributed by atoms with E-state index in [4.69, 9.17) is 0 Å². The molecule has 0 N–H and O–H groups in total. The molecule has 0 saturated carbocycles. The summed E-state index contributed by atoms with van der Waals surface area (Å²) in [4.78, 5) is 10.9. The molecular weight excluding hydrogens is 128 g/mol. The average molecular weight is 133 g/mol. The zero-order valence-corrected chi connectivity index (χ0v) is 5.19. The van der Waals surface area contributed by atoms with Crippen LogP contribution in [0.2, 0.25) is 0 Å². The maximum absolute atomic E-state index is 10.9. The van der Waals surface area contributed by atoms with E-state index in [1.54, 1.807) is 29.2 Å². The molecule has 2 aromatic heterocycles. The van der Waals surface area contributed by atoms with E-state index in [-0.39, 0.29) is 5.56 Å². The third-order valence-electron chi connectivity index (χ3n) is 1.35. The van der Waals surface area contributed by atoms with Gasteiger partial charge in [0.15, 0.2) is 0 Å². The van der Waals surface area contributed by atoms with Crippen molar-refractivity contribution in [3.8, 4) is 0 Å². The van der Waals surface area contributed by atoms with Gasteiger partial charge in [-0.3, -0.25) is 9.31 Å². The number of hydrogen-bond donors (Lipinski definition) is 0. The van der Waals surface area contributed by atoms with Gasteiger partial charge in [0.25, 0.3) is 5.56 Å². The molecule has 0 aliphatic carbocycles. The Kier molecular flexibility index (Phi) is 0.917. The minimum atomic E-state index is -0.124. The van der Waals surface area contributed by atoms with Gasteiger partial charge in [0.05, 0.1) is 6.07 Å². The second-order valence-electron chi connectivity index (χ2n) is 1.99. The average Bonchev–Trinajstić information content (AvgIpc) is 2.34. The fourth-order valence-electron chi connectivity index (χ4n) is 0.883. The number of hydrogen-bond acceptors (Lipinski definition) is 1. The summed E-state index contributed by atoms with van der Waals surface area (Å²) in [6.07, 6.45) is 5.08. The van der Waals surface area contributed by atoms with Crippen LogP contribution < -0.4 is 5.56 Å². The van der Waals surface area contributed by atoms with Crippen LogP contribution in [0.1, 0.15) is 0 Å². The summed E-state index contributed by atoms with van der Waals surface area (Å²) in [7, 11) is 0. The summed E-state index contributed by atoms with van der Waals surface area (Å²) >= 11 is 0. The van der Waals surface area contributed by atoms with Gasteiger partial charge >= 0.3 is 0 Å². The lowest BCUT2D eigenvalue weighted by Crippen LogP contribution is -2.09. The Balaban J connectivity index is 3.07. The lowest BCUT2D eigenvalue weighted by Gasteiger charge is -1.91. The molecule has 2 heterocycles. The fraction of sp³-hybridized carbons (Fsp3) is 0. The lowest BCUT2D eigenvalue weighted by molar-refractivity contribution is 0.792. The molecule has 0 unspecified atom stereocenters. The zero-order valence-electron chi connectivity index (χ0n) is 5.19. The van der Waals surface area contributed by atoms with Crippen molar-refractivity contribution >= 4 is 0 Å². The fourth-order valence-corrected chi connectivity index (χ4v) is 0.883. The molecule has 3 nitrogen and oxygen atoms in total. The van der Waals surface area contributed by atoms with E-state index in [1.807, 2.05) is 6.07 Å². The maximum atomic E-state index is 10.9. The van der Waals surface area contributed by atoms with Gasteiger partial charge in [-0.05, 0) is 12.1 Å². The van der Waals surface area contributed by atoms with Crippen molar-refractivity contribution in [2.24, 2.45) is 0 Å². The Bertz CT molecular complexity index is 399. The van der Waals surface area contributed by atoms with E-state index >= 15 is 0 Å². The highest BCUT2D eigenvalue weighted by Crippen LogP contribution is 1.83. The van der Waals surface area contributed by atoms with Gasteiger partial charge in [0, 0.05) is 18.6 Å². The third kappa shape index (κ3) is 0.572. The van der Waals surface area contributed by atoms with Crippen LogP contribution in [0, 0.1) is 6.07 Å². The molecule has 2 aromatic rings. The minimum absolute atomic E-state index is 0.124. The van der Waals surface area contributed by atoms with E-state index in [0.717, 1.165) is 0 Å². The Morgan fingerprint density at radius 2 is 2.10 bits per heavy atom. The van der Waals surface area contributed by atoms with Crippen LogP contribution >= 0.6 is 0 Å². The number of nitrogens with zero attached hydrogens (tertiary/aromatic N) is 2. The first kappa shape index (κ1) is 5.29. The summed E-state index contributed by atoms with van der Waals surface area (Å²) < 4.78 is 3.14. The molecule has 0 fully saturated rings. The molecule has 0 bridgehead atoms. The predicted molar refractivity (Wildman–Crippen MR) is 36.0 cm³/mol. The highest BCUT2D eigenvalue weighted by molar-refractivity contribution is 4.92. The monoisotopic (exact) mass is 133 g/mol. The first-order chi connectivity index (χ1) is 4.88. The second-order valence-corrected chi connectivity index (χ2v) is 1.99. The Labute approximate surface area is 57.1 Å². The van der Waals surface area contributed by atoms with Crippen LogP contribution in [-0.2, 0) is 0 Å². The van der Waals surface area contributed by atoms with E-state index in [1.165, 1.54) is 4.52 Å². The van der Waals surface area contributed by atoms with Crippen molar-refractivity contribution < 1.29 is 0 Å². The Morgan fingerprint density at radius 3 is 2.90 bits per heavy atom. The van der Waals surface area contributed by atoms with Crippen molar-refractivity contribution in [3.63, 3.8) is 0 Å². The molecule has 10 heavy (non-hydrogen) atoms. The van der Waals surface area contributed by atoms with E-state index < -0.39 is 0 Å². The van der Waals surface area contributed by atoms with Crippen LogP contribution in [0.15, 0.2) is 35.5 Å². The van der Waals surface area contributed by atoms with Crippen LogP contribution in [0.4, 0.5) is 0 Å². The van der Waals surface area contributed by atoms with Crippen molar-refractivity contribution in [2.45, 2.75) is 0 Å². The quantitative estimate of drug-likeness (QED) is 0.504. The maximum Gasteiger partial charge on any atom is 0.279 e. The van der Waals surface area contributed by atoms with E-state index in [0.29, 0.717) is 0 Å². The topological polar surface area (TPSA) is 25.9 Å². The van der Waals surface area contributed by atoms with E-state index in [9.17, 15) is 4.79 Å². The van der Waals surface area contributed by atoms with Crippen molar-refractivity contribution in [1.82, 2.24) is 9.03 Å². The SMILES string of the molecule is O=c1[c]cn2ccccn12. The summed E-state index contributed by atoms with van der Waals surface area (Å²) in [5.41, 5.74) is -0.124. The zero-order chi connectivity index (χ0) is 6.97. The standard InChI is InChI=1S/C7H5N2O/c10-7-3-6-8-4-1-2-5-9(7)8/h1-2,4-6H. The summed E-state index contributed by atoms with van der Waals surface area (Å²) in [5, 5.41) is 0. The molecule has 49 valence electrons. The van der Waals surface area contributed by atoms with Crippen LogP contribution in [0.3, 0.4) is 0 Å². The molecular formula is C7H5N2O. The van der Waals surface area contributed by atoms with Crippen LogP contribution in [0.25, 0.3) is 0 Å². The minimum Gasteiger partial charge on any atom is -0.267 e. The molecule has 0 aliphatic heterocycles. The van der Waals surface area contributed by atoms with Gasteiger partial charge in [-0.15, -0.1) is 0 Å². The van der Waals surface area contributed by atoms with Gasteiger partial charge < -0.3 is 0 Å². The largest absolute Gasteiger partial charge is 0.279 e. The van der Waals surface area contributed by atoms with Gasteiger partial charge in [-0.1, -0.05) is 0 Å². The summed E-state index contributed by atoms with van der Waals surface area (Å²) in [5.74, 6) is 0. The van der Waals surface area contributed by atoms with Crippen molar-refractivity contribution in [2.75, 3.05) is 0 Å². The lowest BCUT2D eigenvalue weighted by atomic mass is 10.6. The highest BCUT2D eigenvalue weighted by Gasteiger charge is 1.90. The van der Waals surface area contributed by atoms with Gasteiger partial charge in [0.2, 0.25) is 0 Å². The molecule has 0 atom stereocenters. The van der Waals surface area contributed by atoms with Gasteiger partial charge in [0.1, 0.15) is 0 Å². The van der Waals surface area contributed by atoms with Gasteiger partial charge in [-0.25, -0.2) is 4.52 Å². The Morgan fingerprint density at radius 1 is 1.30 bits per heavy atom. The number of fused-ring (bicyclic) bond motifs is 1. The first-order valence-electron chi connectivity index (χ1n) is 2.94. The normalized spacial score (nSPS) is 10.4. The first-order valence-corrected chi connectivity index (χ1v) is 2.94. The third-order valence-corrected chi connectivity index (χ3v) is 1.35. The van der Waals surface area contributed by atoms with E-state index in [2.05, 4.69) is 6.07 Å². The Hall–Kier alpha value is -1.51. The molecule has 3 heteroatoms. The van der Waals surface area contributed by atoms with Crippen molar-refractivity contribution in [3.05, 3.63) is 47.1 Å². The van der Waals surface area contributed by atoms with Gasteiger partial charge in [-0.2, -0.15) is 0 Å². The molecule has 2 rings (SSSR count). The summed E-state index contributed by atoms with van der Waals surface area (Å²) in [6, 6.07) is 6.20. The smallest absolute Gasteiger partial charge is 0.267 e. The molecule has 0 spiro atoms. The van der Waals surface area contributed by atoms with Crippen LogP contribution in [0.5, 0.6) is 0 Å². The number of rotatable bonds is 0. The molecule has 0 amide bonds. The number of aromatic nitrogens is 2. The molecule has 1 radical (unpaired) electrons. The molecule has 0 aliphatic rings. The molecule has 0 saturated heterocycles. The van der Waals surface area contributed by atoms with Crippen LogP contribution in [-0.4, -0.2) is 9.03 Å². The second kappa shape index (κ2) is 1.73. The van der Waals surface area contributed by atoms with Crippen molar-refractivity contribution in [1.29, 1.82) is 0 Å². The predicted octanol–water partition coefficient (Wildman–Crippen LogP) is 0.199. The summed E-state index contributed by atoms with van der Waals surface area (Å²) in [6.45, 7) is 0. The highest BCUT2D eigenvalue weighted by atomic mass is 16.1.